The Bertz CT molecular complexity index is 1580. The number of nitrogens with zero attached hydrogens (tertiary/aromatic N) is 5. The number of rotatable bonds is 11. The molecule has 0 radical (unpaired) electrons. The number of imidazole rings is 1. The van der Waals surface area contributed by atoms with Crippen molar-refractivity contribution in [3.8, 4) is 11.4 Å². The molecule has 0 bridgehead atoms. The Balaban J connectivity index is 1.65. The normalized spacial score (nSPS) is 14.6. The number of hydrogen-bond donors (Lipinski definition) is 1. The van der Waals surface area contributed by atoms with E-state index in [-0.39, 0.29) is 18.4 Å². The maximum Gasteiger partial charge on any atom is 0.416 e. The standard InChI is InChI=1S/C32H37F3N6O2/c1-20-8-5-11-23(18-20)30-39-28-26(41(30)19-21-13-15-24(16-14-21)32(33,34)35)27(37-29(38-28)31(42)43-4)36-25(22-9-6-10-22)12-7-17-40(2)3/h5,8,11,13-16,18,22,25H,6-7,9-10,12,17,19H2,1-4H3,(H,36,37,38)/t25-/m1/s1. The minimum Gasteiger partial charge on any atom is -0.463 e. The van der Waals surface area contributed by atoms with E-state index in [1.165, 1.54) is 25.7 Å². The van der Waals surface area contributed by atoms with Gasteiger partial charge >= 0.3 is 12.1 Å². The largest absolute Gasteiger partial charge is 0.463 e. The van der Waals surface area contributed by atoms with E-state index in [9.17, 15) is 18.0 Å². The second-order valence-corrected chi connectivity index (χ2v) is 11.5. The summed E-state index contributed by atoms with van der Waals surface area (Å²) in [5.41, 5.74) is 2.68. The van der Waals surface area contributed by atoms with Crippen molar-refractivity contribution in [3.05, 3.63) is 71.0 Å². The summed E-state index contributed by atoms with van der Waals surface area (Å²) in [5.74, 6) is 0.729. The summed E-state index contributed by atoms with van der Waals surface area (Å²) in [6, 6.07) is 13.1. The van der Waals surface area contributed by atoms with Crippen LogP contribution in [0.2, 0.25) is 0 Å². The average Bonchev–Trinajstić information content (AvgIpc) is 3.29. The summed E-state index contributed by atoms with van der Waals surface area (Å²) < 4.78 is 46.7. The molecule has 8 nitrogen and oxygen atoms in total. The Labute approximate surface area is 249 Å². The predicted octanol–water partition coefficient (Wildman–Crippen LogP) is 6.58. The lowest BCUT2D eigenvalue weighted by molar-refractivity contribution is -0.137. The van der Waals surface area contributed by atoms with Gasteiger partial charge in [-0.15, -0.1) is 0 Å². The molecular formula is C32H37F3N6O2. The van der Waals surface area contributed by atoms with Gasteiger partial charge in [0.25, 0.3) is 0 Å². The van der Waals surface area contributed by atoms with E-state index >= 15 is 0 Å². The fourth-order valence-corrected chi connectivity index (χ4v) is 5.53. The van der Waals surface area contributed by atoms with Gasteiger partial charge in [-0.25, -0.2) is 19.7 Å². The maximum atomic E-state index is 13.3. The highest BCUT2D eigenvalue weighted by Gasteiger charge is 2.31. The third-order valence-corrected chi connectivity index (χ3v) is 8.03. The van der Waals surface area contributed by atoms with Gasteiger partial charge in [-0.2, -0.15) is 13.2 Å². The zero-order chi connectivity index (χ0) is 30.7. The van der Waals surface area contributed by atoms with Gasteiger partial charge in [-0.3, -0.25) is 0 Å². The van der Waals surface area contributed by atoms with Crippen molar-refractivity contribution >= 4 is 23.0 Å². The molecule has 2 heterocycles. The van der Waals surface area contributed by atoms with Crippen molar-refractivity contribution in [2.75, 3.05) is 33.1 Å². The Kier molecular flexibility index (Phi) is 9.00. The zero-order valence-corrected chi connectivity index (χ0v) is 24.9. The molecule has 1 aliphatic rings. The van der Waals surface area contributed by atoms with E-state index in [1.54, 1.807) is 0 Å². The zero-order valence-electron chi connectivity index (χ0n) is 24.9. The Morgan fingerprint density at radius 2 is 1.86 bits per heavy atom. The Hall–Kier alpha value is -3.99. The van der Waals surface area contributed by atoms with Crippen molar-refractivity contribution < 1.29 is 22.7 Å². The van der Waals surface area contributed by atoms with Gasteiger partial charge < -0.3 is 19.5 Å². The summed E-state index contributed by atoms with van der Waals surface area (Å²) >= 11 is 0. The van der Waals surface area contributed by atoms with Crippen molar-refractivity contribution in [2.45, 2.75) is 57.8 Å². The van der Waals surface area contributed by atoms with Gasteiger partial charge in [0.05, 0.1) is 12.7 Å². The van der Waals surface area contributed by atoms with Crippen LogP contribution in [0.3, 0.4) is 0 Å². The third-order valence-electron chi connectivity index (χ3n) is 8.03. The third kappa shape index (κ3) is 6.98. The predicted molar refractivity (Wildman–Crippen MR) is 160 cm³/mol. The highest BCUT2D eigenvalue weighted by Crippen LogP contribution is 2.36. The molecule has 11 heteroatoms. The summed E-state index contributed by atoms with van der Waals surface area (Å²) in [6.45, 7) is 3.15. The fraction of sp³-hybridized carbons (Fsp3) is 0.438. The smallest absolute Gasteiger partial charge is 0.416 e. The summed E-state index contributed by atoms with van der Waals surface area (Å²) in [5, 5.41) is 3.66. The average molecular weight is 595 g/mol. The number of carbonyl (C=O) groups is 1. The molecule has 0 saturated heterocycles. The van der Waals surface area contributed by atoms with Gasteiger partial charge in [0.1, 0.15) is 11.3 Å². The minimum atomic E-state index is -4.43. The second kappa shape index (κ2) is 12.7. The van der Waals surface area contributed by atoms with Crippen molar-refractivity contribution in [1.82, 2.24) is 24.4 Å². The van der Waals surface area contributed by atoms with Crippen LogP contribution in [0.25, 0.3) is 22.6 Å². The molecule has 0 unspecified atom stereocenters. The summed E-state index contributed by atoms with van der Waals surface area (Å²) in [6.07, 6.45) is 0.865. The molecular weight excluding hydrogens is 557 g/mol. The first kappa shape index (κ1) is 30.5. The molecule has 2 aromatic heterocycles. The molecule has 1 atom stereocenters. The molecule has 1 N–H and O–H groups in total. The molecule has 2 aromatic carbocycles. The molecule has 1 fully saturated rings. The van der Waals surface area contributed by atoms with Gasteiger partial charge in [0.15, 0.2) is 11.5 Å². The van der Waals surface area contributed by atoms with E-state index in [2.05, 4.69) is 34.3 Å². The number of halogens is 3. The van der Waals surface area contributed by atoms with E-state index in [0.717, 1.165) is 55.5 Å². The Morgan fingerprint density at radius 1 is 1.12 bits per heavy atom. The number of aromatic nitrogens is 4. The van der Waals surface area contributed by atoms with Crippen LogP contribution in [0.4, 0.5) is 19.0 Å². The monoisotopic (exact) mass is 594 g/mol. The van der Waals surface area contributed by atoms with Crippen LogP contribution in [0.15, 0.2) is 48.5 Å². The van der Waals surface area contributed by atoms with Gasteiger partial charge in [-0.05, 0) is 82.9 Å². The molecule has 4 aromatic rings. The SMILES string of the molecule is COC(=O)c1nc(N[C@H](CCCN(C)C)C2CCC2)c2c(n1)nc(-c1cccc(C)c1)n2Cc1ccc(C(F)(F)F)cc1. The van der Waals surface area contributed by atoms with Crippen molar-refractivity contribution in [2.24, 2.45) is 5.92 Å². The number of anilines is 1. The number of alkyl halides is 3. The second-order valence-electron chi connectivity index (χ2n) is 11.5. The number of benzene rings is 2. The van der Waals surface area contributed by atoms with E-state index in [0.29, 0.717) is 34.3 Å². The van der Waals surface area contributed by atoms with E-state index in [1.807, 2.05) is 35.8 Å². The van der Waals surface area contributed by atoms with Crippen LogP contribution >= 0.6 is 0 Å². The van der Waals surface area contributed by atoms with Crippen molar-refractivity contribution in [1.29, 1.82) is 0 Å². The lowest BCUT2D eigenvalue weighted by Crippen LogP contribution is -2.35. The van der Waals surface area contributed by atoms with Crippen molar-refractivity contribution in [3.63, 3.8) is 0 Å². The van der Waals surface area contributed by atoms with Crippen LogP contribution in [-0.2, 0) is 17.5 Å². The lowest BCUT2D eigenvalue weighted by Gasteiger charge is -2.35. The minimum absolute atomic E-state index is 0.104. The first-order chi connectivity index (χ1) is 20.5. The number of fused-ring (bicyclic) bond motifs is 1. The highest BCUT2D eigenvalue weighted by atomic mass is 19.4. The summed E-state index contributed by atoms with van der Waals surface area (Å²) in [7, 11) is 5.38. The molecule has 43 heavy (non-hydrogen) atoms. The highest BCUT2D eigenvalue weighted by molar-refractivity contribution is 5.93. The first-order valence-electron chi connectivity index (χ1n) is 14.5. The van der Waals surface area contributed by atoms with Gasteiger partial charge in [-0.1, -0.05) is 42.3 Å². The fourth-order valence-electron chi connectivity index (χ4n) is 5.53. The lowest BCUT2D eigenvalue weighted by atomic mass is 9.78. The number of hydrogen-bond acceptors (Lipinski definition) is 7. The number of nitrogens with one attached hydrogen (secondary N) is 1. The van der Waals surface area contributed by atoms with Gasteiger partial charge in [0.2, 0.25) is 5.82 Å². The first-order valence-corrected chi connectivity index (χ1v) is 14.5. The molecule has 0 amide bonds. The van der Waals surface area contributed by atoms with Crippen LogP contribution < -0.4 is 5.32 Å². The quantitative estimate of drug-likeness (QED) is 0.197. The van der Waals surface area contributed by atoms with Crippen LogP contribution in [0.1, 0.15) is 59.4 Å². The molecule has 1 saturated carbocycles. The van der Waals surface area contributed by atoms with Crippen LogP contribution in [0, 0.1) is 12.8 Å². The van der Waals surface area contributed by atoms with Crippen LogP contribution in [0.5, 0.6) is 0 Å². The molecule has 5 rings (SSSR count). The molecule has 0 aliphatic heterocycles. The number of ether oxygens (including phenoxy) is 1. The molecule has 1 aliphatic carbocycles. The van der Waals surface area contributed by atoms with Gasteiger partial charge in [0, 0.05) is 18.2 Å². The van der Waals surface area contributed by atoms with E-state index < -0.39 is 17.7 Å². The number of aryl methyl sites for hydroxylation is 1. The van der Waals surface area contributed by atoms with E-state index in [4.69, 9.17) is 9.72 Å². The molecule has 0 spiro atoms. The maximum absolute atomic E-state index is 13.3. The molecule has 228 valence electrons. The summed E-state index contributed by atoms with van der Waals surface area (Å²) in [4.78, 5) is 28.8. The number of methoxy groups -OCH3 is 1. The number of esters is 1. The van der Waals surface area contributed by atoms with Crippen LogP contribution in [-0.4, -0.2) is 64.2 Å². The Morgan fingerprint density at radius 3 is 2.47 bits per heavy atom. The topological polar surface area (TPSA) is 85.2 Å². The number of carbonyl (C=O) groups excluding carboxylic acids is 1.